The van der Waals surface area contributed by atoms with Crippen LogP contribution in [0.5, 0.6) is 0 Å². The molecule has 0 spiro atoms. The number of nitrogens with one attached hydrogen (secondary N) is 2. The highest BCUT2D eigenvalue weighted by Gasteiger charge is 2.33. The average Bonchev–Trinajstić information content (AvgIpc) is 2.46. The minimum atomic E-state index is -0.962. The van der Waals surface area contributed by atoms with Crippen LogP contribution in [0.15, 0.2) is 36.4 Å². The summed E-state index contributed by atoms with van der Waals surface area (Å²) in [7, 11) is 0. The zero-order valence-electron chi connectivity index (χ0n) is 12.2. The lowest BCUT2D eigenvalue weighted by Gasteiger charge is -2.24. The minimum Gasteiger partial charge on any atom is -0.481 e. The predicted octanol–water partition coefficient (Wildman–Crippen LogP) is 2.25. The summed E-state index contributed by atoms with van der Waals surface area (Å²) in [6.07, 6.45) is 4.39. The molecule has 0 aromatic heterocycles. The van der Waals surface area contributed by atoms with Gasteiger partial charge >= 0.3 is 5.97 Å². The van der Waals surface area contributed by atoms with E-state index in [9.17, 15) is 19.5 Å². The summed E-state index contributed by atoms with van der Waals surface area (Å²) in [4.78, 5) is 34.6. The van der Waals surface area contributed by atoms with Gasteiger partial charge in [-0.2, -0.15) is 0 Å². The smallest absolute Gasteiger partial charge is 0.307 e. The Morgan fingerprint density at radius 2 is 1.64 bits per heavy atom. The first kappa shape index (κ1) is 15.8. The molecule has 22 heavy (non-hydrogen) atoms. The Kier molecular flexibility index (Phi) is 4.93. The summed E-state index contributed by atoms with van der Waals surface area (Å²) in [5.74, 6) is -2.78. The van der Waals surface area contributed by atoms with E-state index in [1.54, 1.807) is 30.3 Å². The molecular formula is C16H18N2O4. The second kappa shape index (κ2) is 6.89. The third-order valence-electron chi connectivity index (χ3n) is 3.54. The van der Waals surface area contributed by atoms with Gasteiger partial charge in [0.05, 0.1) is 11.8 Å². The van der Waals surface area contributed by atoms with E-state index < -0.39 is 17.8 Å². The number of rotatable bonds is 4. The largest absolute Gasteiger partial charge is 0.481 e. The Bertz CT molecular complexity index is 624. The number of carboxylic acid groups (broad SMARTS) is 1. The van der Waals surface area contributed by atoms with Gasteiger partial charge in [-0.15, -0.1) is 0 Å². The molecule has 0 aliphatic heterocycles. The molecule has 1 aliphatic rings. The first-order valence-corrected chi connectivity index (χ1v) is 7.03. The molecule has 3 N–H and O–H groups in total. The van der Waals surface area contributed by atoms with E-state index in [2.05, 4.69) is 10.6 Å². The van der Waals surface area contributed by atoms with Crippen LogP contribution in [-0.2, 0) is 14.4 Å². The molecule has 2 atom stereocenters. The molecule has 0 saturated heterocycles. The second-order valence-corrected chi connectivity index (χ2v) is 5.25. The summed E-state index contributed by atoms with van der Waals surface area (Å²) < 4.78 is 0. The maximum absolute atomic E-state index is 12.3. The molecule has 116 valence electrons. The Hall–Kier alpha value is -2.63. The van der Waals surface area contributed by atoms with Crippen molar-refractivity contribution in [3.8, 4) is 0 Å². The zero-order valence-corrected chi connectivity index (χ0v) is 12.2. The normalized spacial score (nSPS) is 20.2. The van der Waals surface area contributed by atoms with Crippen LogP contribution >= 0.6 is 0 Å². The van der Waals surface area contributed by atoms with Gasteiger partial charge in [-0.3, -0.25) is 14.4 Å². The molecular weight excluding hydrogens is 284 g/mol. The van der Waals surface area contributed by atoms with E-state index in [1.165, 1.54) is 6.92 Å². The number of benzene rings is 1. The number of hydrogen-bond acceptors (Lipinski definition) is 3. The Balaban J connectivity index is 2.09. The monoisotopic (exact) mass is 302 g/mol. The molecule has 0 unspecified atom stereocenters. The van der Waals surface area contributed by atoms with Crippen molar-refractivity contribution in [2.45, 2.75) is 19.8 Å². The van der Waals surface area contributed by atoms with Gasteiger partial charge in [0, 0.05) is 18.3 Å². The van der Waals surface area contributed by atoms with E-state index in [0.717, 1.165) is 0 Å². The van der Waals surface area contributed by atoms with Crippen LogP contribution in [-0.4, -0.2) is 22.9 Å². The molecule has 0 saturated carbocycles. The van der Waals surface area contributed by atoms with E-state index in [-0.39, 0.29) is 11.8 Å². The molecule has 0 heterocycles. The fourth-order valence-electron chi connectivity index (χ4n) is 2.49. The fraction of sp³-hybridized carbons (Fsp3) is 0.312. The van der Waals surface area contributed by atoms with Crippen LogP contribution in [0.1, 0.15) is 19.8 Å². The number of carbonyl (C=O) groups excluding carboxylic acids is 2. The van der Waals surface area contributed by atoms with Crippen LogP contribution in [0.4, 0.5) is 11.4 Å². The molecule has 6 heteroatoms. The molecule has 2 rings (SSSR count). The third kappa shape index (κ3) is 3.94. The molecule has 1 aromatic carbocycles. The van der Waals surface area contributed by atoms with Crippen LogP contribution in [0.3, 0.4) is 0 Å². The first-order chi connectivity index (χ1) is 10.5. The van der Waals surface area contributed by atoms with Crippen LogP contribution < -0.4 is 10.6 Å². The number of aliphatic carboxylic acids is 1. The number of anilines is 2. The Morgan fingerprint density at radius 3 is 2.23 bits per heavy atom. The van der Waals surface area contributed by atoms with Crippen molar-refractivity contribution in [2.24, 2.45) is 11.8 Å². The lowest BCUT2D eigenvalue weighted by molar-refractivity contribution is -0.146. The Labute approximate surface area is 128 Å². The highest BCUT2D eigenvalue weighted by atomic mass is 16.4. The van der Waals surface area contributed by atoms with E-state index in [1.807, 2.05) is 6.08 Å². The van der Waals surface area contributed by atoms with Crippen molar-refractivity contribution in [3.63, 3.8) is 0 Å². The van der Waals surface area contributed by atoms with Crippen molar-refractivity contribution in [1.29, 1.82) is 0 Å². The highest BCUT2D eigenvalue weighted by Crippen LogP contribution is 2.27. The van der Waals surface area contributed by atoms with Crippen LogP contribution in [0.25, 0.3) is 0 Å². The topological polar surface area (TPSA) is 95.5 Å². The number of amides is 2. The van der Waals surface area contributed by atoms with Gasteiger partial charge in [-0.05, 0) is 31.0 Å². The van der Waals surface area contributed by atoms with Gasteiger partial charge < -0.3 is 15.7 Å². The van der Waals surface area contributed by atoms with Gasteiger partial charge in [0.15, 0.2) is 0 Å². The lowest BCUT2D eigenvalue weighted by Crippen LogP contribution is -2.34. The molecule has 1 aliphatic carbocycles. The first-order valence-electron chi connectivity index (χ1n) is 7.03. The van der Waals surface area contributed by atoms with Crippen molar-refractivity contribution in [1.82, 2.24) is 0 Å². The van der Waals surface area contributed by atoms with Crippen molar-refractivity contribution < 1.29 is 19.5 Å². The summed E-state index contributed by atoms with van der Waals surface area (Å²) >= 11 is 0. The average molecular weight is 302 g/mol. The van der Waals surface area contributed by atoms with E-state index in [4.69, 9.17) is 0 Å². The fourth-order valence-corrected chi connectivity index (χ4v) is 2.49. The number of carboxylic acids is 1. The number of carbonyl (C=O) groups is 3. The van der Waals surface area contributed by atoms with Crippen molar-refractivity contribution in [2.75, 3.05) is 10.6 Å². The molecule has 0 radical (unpaired) electrons. The second-order valence-electron chi connectivity index (χ2n) is 5.25. The molecule has 6 nitrogen and oxygen atoms in total. The van der Waals surface area contributed by atoms with Crippen molar-refractivity contribution in [3.05, 3.63) is 36.4 Å². The molecule has 0 fully saturated rings. The van der Waals surface area contributed by atoms with Gasteiger partial charge in [0.25, 0.3) is 0 Å². The van der Waals surface area contributed by atoms with Gasteiger partial charge in [-0.1, -0.05) is 18.2 Å². The summed E-state index contributed by atoms with van der Waals surface area (Å²) in [5, 5.41) is 14.6. The minimum absolute atomic E-state index is 0.202. The van der Waals surface area contributed by atoms with E-state index >= 15 is 0 Å². The maximum atomic E-state index is 12.3. The highest BCUT2D eigenvalue weighted by molar-refractivity contribution is 5.96. The van der Waals surface area contributed by atoms with Crippen molar-refractivity contribution >= 4 is 29.2 Å². The maximum Gasteiger partial charge on any atom is 0.307 e. The Morgan fingerprint density at radius 1 is 1.05 bits per heavy atom. The van der Waals surface area contributed by atoms with Crippen LogP contribution in [0.2, 0.25) is 0 Å². The summed E-state index contributed by atoms with van der Waals surface area (Å²) in [5.41, 5.74) is 1.10. The van der Waals surface area contributed by atoms with Gasteiger partial charge in [0.1, 0.15) is 0 Å². The quantitative estimate of drug-likeness (QED) is 0.743. The van der Waals surface area contributed by atoms with Gasteiger partial charge in [-0.25, -0.2) is 0 Å². The standard InChI is InChI=1S/C16H18N2O4/c1-10(19)17-11-5-4-6-12(9-11)18-15(20)13-7-2-3-8-14(13)16(21)22/h2-6,9,13-14H,7-8H2,1H3,(H,17,19)(H,18,20)(H,21,22)/t13-,14+/m1/s1. The van der Waals surface area contributed by atoms with E-state index in [0.29, 0.717) is 24.2 Å². The third-order valence-corrected chi connectivity index (χ3v) is 3.54. The number of allylic oxidation sites excluding steroid dienone is 2. The molecule has 2 amide bonds. The van der Waals surface area contributed by atoms with Crippen LogP contribution in [0, 0.1) is 11.8 Å². The molecule has 0 bridgehead atoms. The zero-order chi connectivity index (χ0) is 16.1. The van der Waals surface area contributed by atoms with Gasteiger partial charge in [0.2, 0.25) is 11.8 Å². The predicted molar refractivity (Wildman–Crippen MR) is 82.4 cm³/mol. The summed E-state index contributed by atoms with van der Waals surface area (Å²) in [6.45, 7) is 1.40. The molecule has 1 aromatic rings. The number of hydrogen-bond donors (Lipinski definition) is 3. The lowest BCUT2D eigenvalue weighted by atomic mass is 9.82. The SMILES string of the molecule is CC(=O)Nc1cccc(NC(=O)[C@@H]2CC=CC[C@@H]2C(=O)O)c1. The summed E-state index contributed by atoms with van der Waals surface area (Å²) in [6, 6.07) is 6.74.